The Hall–Kier alpha value is -3.71. The molecule has 6 heterocycles. The molecule has 210 valence electrons. The molecule has 0 saturated heterocycles. The van der Waals surface area contributed by atoms with Gasteiger partial charge in [0.05, 0.1) is 18.5 Å². The first kappa shape index (κ1) is 26.2. The number of likely N-dealkylation sites (N-methyl/N-ethyl adjacent to an activating group) is 1. The number of thiazole rings is 1. The molecule has 0 atom stereocenters. The molecule has 0 saturated carbocycles. The molecule has 0 fully saturated rings. The van der Waals surface area contributed by atoms with Crippen molar-refractivity contribution in [2.45, 2.75) is 45.3 Å². The molecule has 12 heteroatoms. The van der Waals surface area contributed by atoms with Crippen LogP contribution in [-0.4, -0.2) is 47.9 Å². The lowest BCUT2D eigenvalue weighted by molar-refractivity contribution is 0.281. The topological polar surface area (TPSA) is 118 Å². The summed E-state index contributed by atoms with van der Waals surface area (Å²) in [4.78, 5) is 40.7. The molecule has 0 amide bonds. The number of aryl methyl sites for hydroxylation is 3. The summed E-state index contributed by atoms with van der Waals surface area (Å²) >= 11 is 3.11. The standard InChI is InChI=1S/C29H29N7O3S2/c1-34-10-8-21-24(14-34)41-29(32-21)33-22-11-16(13-35(2)27(22)38)17-7-9-30-26(20(17)15-37)36-28(39)25-19(12-31-36)18-5-3-4-6-23(18)40-25/h7,9,11-13,37H,3-6,8,10,14-15H2,1-2H3,(H,32,33). The number of rotatable bonds is 5. The Bertz CT molecular complexity index is 1940. The Morgan fingerprint density at radius 2 is 1.93 bits per heavy atom. The maximum absolute atomic E-state index is 13.6. The molecule has 7 rings (SSSR count). The summed E-state index contributed by atoms with van der Waals surface area (Å²) in [5.74, 6) is 0.281. The summed E-state index contributed by atoms with van der Waals surface area (Å²) in [5, 5.41) is 19.9. The SMILES string of the molecule is CN1CCc2nc(Nc3cc(-c4ccnc(-n5ncc6c7c(sc6c5=O)CCCC7)c4CO)cn(C)c3=O)sc2C1. The van der Waals surface area contributed by atoms with E-state index in [0.29, 0.717) is 32.2 Å². The Kier molecular flexibility index (Phi) is 6.57. The van der Waals surface area contributed by atoms with E-state index >= 15 is 0 Å². The number of fused-ring (bicyclic) bond motifs is 4. The first-order valence-electron chi connectivity index (χ1n) is 13.7. The normalized spacial score (nSPS) is 15.2. The molecule has 1 aliphatic carbocycles. The van der Waals surface area contributed by atoms with Gasteiger partial charge in [-0.3, -0.25) is 9.59 Å². The summed E-state index contributed by atoms with van der Waals surface area (Å²) < 4.78 is 3.47. The van der Waals surface area contributed by atoms with E-state index < -0.39 is 0 Å². The second-order valence-electron chi connectivity index (χ2n) is 10.7. The van der Waals surface area contributed by atoms with Crippen molar-refractivity contribution >= 4 is 43.6 Å². The van der Waals surface area contributed by atoms with Crippen molar-refractivity contribution in [3.63, 3.8) is 0 Å². The van der Waals surface area contributed by atoms with Crippen molar-refractivity contribution in [1.82, 2.24) is 29.2 Å². The van der Waals surface area contributed by atoms with E-state index in [-0.39, 0.29) is 23.5 Å². The third-order valence-corrected chi connectivity index (χ3v) is 10.2. The number of aromatic nitrogens is 5. The van der Waals surface area contributed by atoms with Gasteiger partial charge in [-0.1, -0.05) is 0 Å². The minimum absolute atomic E-state index is 0.191. The minimum Gasteiger partial charge on any atom is -0.392 e. The second-order valence-corrected chi connectivity index (χ2v) is 12.9. The smallest absolute Gasteiger partial charge is 0.290 e. The molecule has 0 aromatic carbocycles. The van der Waals surface area contributed by atoms with Crippen LogP contribution in [0.15, 0.2) is 40.3 Å². The van der Waals surface area contributed by atoms with Gasteiger partial charge in [-0.2, -0.15) is 9.78 Å². The Balaban J connectivity index is 1.30. The first-order valence-corrected chi connectivity index (χ1v) is 15.3. The zero-order valence-electron chi connectivity index (χ0n) is 22.8. The van der Waals surface area contributed by atoms with Crippen molar-refractivity contribution < 1.29 is 5.11 Å². The molecule has 0 spiro atoms. The van der Waals surface area contributed by atoms with Crippen LogP contribution in [0.5, 0.6) is 0 Å². The lowest BCUT2D eigenvalue weighted by Crippen LogP contribution is -2.25. The van der Waals surface area contributed by atoms with Crippen LogP contribution in [0.3, 0.4) is 0 Å². The van der Waals surface area contributed by atoms with Crippen LogP contribution in [0.2, 0.25) is 0 Å². The predicted molar refractivity (Wildman–Crippen MR) is 162 cm³/mol. The molecular formula is C29H29N7O3S2. The van der Waals surface area contributed by atoms with Gasteiger partial charge in [-0.25, -0.2) is 9.97 Å². The van der Waals surface area contributed by atoms with E-state index in [9.17, 15) is 14.7 Å². The maximum atomic E-state index is 13.6. The van der Waals surface area contributed by atoms with Gasteiger partial charge in [-0.15, -0.1) is 22.7 Å². The van der Waals surface area contributed by atoms with Gasteiger partial charge in [0.15, 0.2) is 10.9 Å². The van der Waals surface area contributed by atoms with Crippen LogP contribution >= 0.6 is 22.7 Å². The van der Waals surface area contributed by atoms with Crippen molar-refractivity contribution in [3.8, 4) is 16.9 Å². The van der Waals surface area contributed by atoms with Crippen molar-refractivity contribution in [2.24, 2.45) is 7.05 Å². The molecule has 2 aliphatic rings. The van der Waals surface area contributed by atoms with E-state index in [1.165, 1.54) is 24.6 Å². The maximum Gasteiger partial charge on any atom is 0.290 e. The van der Waals surface area contributed by atoms with Gasteiger partial charge in [0.25, 0.3) is 11.1 Å². The predicted octanol–water partition coefficient (Wildman–Crippen LogP) is 3.77. The number of aliphatic hydroxyl groups excluding tert-OH is 1. The van der Waals surface area contributed by atoms with Gasteiger partial charge in [0, 0.05) is 65.2 Å². The van der Waals surface area contributed by atoms with Crippen LogP contribution in [0, 0.1) is 0 Å². The second kappa shape index (κ2) is 10.3. The number of nitrogens with zero attached hydrogens (tertiary/aromatic N) is 6. The molecule has 41 heavy (non-hydrogen) atoms. The quantitative estimate of drug-likeness (QED) is 0.319. The number of hydrogen-bond acceptors (Lipinski definition) is 10. The van der Waals surface area contributed by atoms with E-state index in [1.807, 2.05) is 0 Å². The highest BCUT2D eigenvalue weighted by atomic mass is 32.1. The number of anilines is 2. The van der Waals surface area contributed by atoms with E-state index in [1.54, 1.807) is 60.4 Å². The lowest BCUT2D eigenvalue weighted by atomic mass is 9.97. The average Bonchev–Trinajstić information content (AvgIpc) is 3.56. The molecule has 5 aromatic rings. The minimum atomic E-state index is -0.357. The Morgan fingerprint density at radius 1 is 1.07 bits per heavy atom. The number of hydrogen-bond donors (Lipinski definition) is 2. The molecular weight excluding hydrogens is 558 g/mol. The largest absolute Gasteiger partial charge is 0.392 e. The Labute approximate surface area is 243 Å². The monoisotopic (exact) mass is 587 g/mol. The highest BCUT2D eigenvalue weighted by molar-refractivity contribution is 7.19. The number of aliphatic hydroxyl groups is 1. The van der Waals surface area contributed by atoms with Gasteiger partial charge >= 0.3 is 0 Å². The van der Waals surface area contributed by atoms with E-state index in [4.69, 9.17) is 4.98 Å². The van der Waals surface area contributed by atoms with E-state index in [0.717, 1.165) is 56.3 Å². The Morgan fingerprint density at radius 3 is 2.78 bits per heavy atom. The van der Waals surface area contributed by atoms with Crippen LogP contribution in [-0.2, 0) is 39.5 Å². The summed E-state index contributed by atoms with van der Waals surface area (Å²) in [6, 6.07) is 3.55. The summed E-state index contributed by atoms with van der Waals surface area (Å²) in [6.45, 7) is 1.45. The molecule has 0 radical (unpaired) electrons. The van der Waals surface area contributed by atoms with Crippen molar-refractivity contribution in [1.29, 1.82) is 0 Å². The van der Waals surface area contributed by atoms with Gasteiger partial charge in [0.1, 0.15) is 10.4 Å². The zero-order valence-corrected chi connectivity index (χ0v) is 24.4. The molecule has 2 N–H and O–H groups in total. The van der Waals surface area contributed by atoms with E-state index in [2.05, 4.69) is 27.3 Å². The van der Waals surface area contributed by atoms with Crippen molar-refractivity contribution in [2.75, 3.05) is 18.9 Å². The highest BCUT2D eigenvalue weighted by Gasteiger charge is 2.23. The average molecular weight is 588 g/mol. The summed E-state index contributed by atoms with van der Waals surface area (Å²) in [5.41, 5.74) is 4.10. The van der Waals surface area contributed by atoms with Crippen LogP contribution in [0.1, 0.15) is 39.4 Å². The fraction of sp³-hybridized carbons (Fsp3) is 0.345. The highest BCUT2D eigenvalue weighted by Crippen LogP contribution is 2.35. The molecule has 0 bridgehead atoms. The fourth-order valence-electron chi connectivity index (χ4n) is 5.83. The molecule has 5 aromatic heterocycles. The van der Waals surface area contributed by atoms with Gasteiger partial charge < -0.3 is 19.9 Å². The fourth-order valence-corrected chi connectivity index (χ4v) is 8.22. The van der Waals surface area contributed by atoms with Crippen LogP contribution in [0.4, 0.5) is 10.8 Å². The summed E-state index contributed by atoms with van der Waals surface area (Å²) in [6.07, 6.45) is 10.2. The third-order valence-electron chi connectivity index (χ3n) is 7.95. The summed E-state index contributed by atoms with van der Waals surface area (Å²) in [7, 11) is 3.78. The third kappa shape index (κ3) is 4.51. The first-order chi connectivity index (χ1) is 19.9. The number of nitrogens with one attached hydrogen (secondary N) is 1. The number of thiophene rings is 1. The zero-order chi connectivity index (χ0) is 28.2. The molecule has 0 unspecified atom stereocenters. The lowest BCUT2D eigenvalue weighted by Gasteiger charge is -2.20. The molecule has 1 aliphatic heterocycles. The van der Waals surface area contributed by atoms with Gasteiger partial charge in [-0.05, 0) is 56.0 Å². The van der Waals surface area contributed by atoms with Gasteiger partial charge in [0.2, 0.25) is 0 Å². The number of pyridine rings is 2. The van der Waals surface area contributed by atoms with Crippen LogP contribution < -0.4 is 16.4 Å². The van der Waals surface area contributed by atoms with Crippen LogP contribution in [0.25, 0.3) is 27.0 Å². The molecule has 10 nitrogen and oxygen atoms in total. The van der Waals surface area contributed by atoms with Crippen molar-refractivity contribution in [3.05, 3.63) is 78.0 Å².